The van der Waals surface area contributed by atoms with Crippen molar-refractivity contribution in [1.29, 1.82) is 0 Å². The standard InChI is InChI=1S/C12H21N3O3S/c1-9(2)7-15-11(18-12(16)14(3)4)6-10(13-15)8-19(5)17/h6,9H,7-8H2,1-5H3. The molecule has 1 heterocycles. The van der Waals surface area contributed by atoms with Gasteiger partial charge in [0.2, 0.25) is 5.88 Å². The monoisotopic (exact) mass is 287 g/mol. The van der Waals surface area contributed by atoms with Gasteiger partial charge in [-0.3, -0.25) is 4.21 Å². The van der Waals surface area contributed by atoms with Crippen molar-refractivity contribution < 1.29 is 13.7 Å². The average molecular weight is 287 g/mol. The third-order valence-electron chi connectivity index (χ3n) is 2.24. The van der Waals surface area contributed by atoms with Crippen molar-refractivity contribution in [1.82, 2.24) is 14.7 Å². The van der Waals surface area contributed by atoms with E-state index in [4.69, 9.17) is 4.74 Å². The molecule has 0 saturated heterocycles. The first-order chi connectivity index (χ1) is 8.79. The van der Waals surface area contributed by atoms with Crippen LogP contribution in [0.25, 0.3) is 0 Å². The van der Waals surface area contributed by atoms with Crippen LogP contribution in [-0.2, 0) is 23.1 Å². The van der Waals surface area contributed by atoms with Crippen LogP contribution in [0.15, 0.2) is 6.07 Å². The van der Waals surface area contributed by atoms with E-state index in [-0.39, 0.29) is 0 Å². The Kier molecular flexibility index (Phi) is 5.53. The second-order valence-corrected chi connectivity index (χ2v) is 6.46. The van der Waals surface area contributed by atoms with Crippen molar-refractivity contribution >= 4 is 16.9 Å². The van der Waals surface area contributed by atoms with Crippen LogP contribution in [-0.4, -0.2) is 45.3 Å². The first-order valence-corrected chi connectivity index (χ1v) is 7.78. The van der Waals surface area contributed by atoms with Gasteiger partial charge in [0, 0.05) is 43.8 Å². The molecule has 0 saturated carbocycles. The molecule has 1 aromatic heterocycles. The summed E-state index contributed by atoms with van der Waals surface area (Å²) in [4.78, 5) is 12.9. The largest absolute Gasteiger partial charge is 0.416 e. The van der Waals surface area contributed by atoms with E-state index in [1.807, 2.05) is 0 Å². The molecular weight excluding hydrogens is 266 g/mol. The molecule has 1 atom stereocenters. The van der Waals surface area contributed by atoms with Crippen molar-refractivity contribution in [2.24, 2.45) is 5.92 Å². The predicted molar refractivity (Wildman–Crippen MR) is 74.5 cm³/mol. The number of nitrogens with zero attached hydrogens (tertiary/aromatic N) is 3. The van der Waals surface area contributed by atoms with Crippen molar-refractivity contribution in [2.75, 3.05) is 20.4 Å². The number of rotatable bonds is 5. The van der Waals surface area contributed by atoms with E-state index < -0.39 is 16.9 Å². The van der Waals surface area contributed by atoms with Crippen molar-refractivity contribution in [2.45, 2.75) is 26.1 Å². The lowest BCUT2D eigenvalue weighted by atomic mass is 10.2. The van der Waals surface area contributed by atoms with Crippen LogP contribution < -0.4 is 4.74 Å². The maximum atomic E-state index is 11.6. The summed E-state index contributed by atoms with van der Waals surface area (Å²) in [6.45, 7) is 4.75. The Labute approximate surface area is 116 Å². The molecule has 1 rings (SSSR count). The first-order valence-electron chi connectivity index (χ1n) is 6.05. The first kappa shape index (κ1) is 15.7. The van der Waals surface area contributed by atoms with Gasteiger partial charge in [-0.2, -0.15) is 5.10 Å². The van der Waals surface area contributed by atoms with Gasteiger partial charge in [0.15, 0.2) is 0 Å². The molecule has 1 aromatic rings. The molecule has 0 fully saturated rings. The fourth-order valence-electron chi connectivity index (χ4n) is 1.47. The molecule has 0 aliphatic carbocycles. The SMILES string of the molecule is CC(C)Cn1nc(CS(C)=O)cc1OC(=O)N(C)C. The number of hydrogen-bond donors (Lipinski definition) is 0. The summed E-state index contributed by atoms with van der Waals surface area (Å²) in [6.07, 6.45) is 1.17. The number of carbonyl (C=O) groups is 1. The van der Waals surface area contributed by atoms with Gasteiger partial charge in [-0.15, -0.1) is 0 Å². The normalized spacial score (nSPS) is 12.5. The molecule has 19 heavy (non-hydrogen) atoms. The van der Waals surface area contributed by atoms with E-state index in [1.165, 1.54) is 4.90 Å². The van der Waals surface area contributed by atoms with Gasteiger partial charge in [-0.05, 0) is 5.92 Å². The summed E-state index contributed by atoms with van der Waals surface area (Å²) in [5.41, 5.74) is 0.669. The molecule has 0 aliphatic rings. The zero-order valence-electron chi connectivity index (χ0n) is 12.0. The maximum absolute atomic E-state index is 11.6. The molecule has 7 heteroatoms. The topological polar surface area (TPSA) is 64.4 Å². The predicted octanol–water partition coefficient (Wildman–Crippen LogP) is 1.48. The quantitative estimate of drug-likeness (QED) is 0.823. The van der Waals surface area contributed by atoms with Crippen LogP contribution in [0.4, 0.5) is 4.79 Å². The van der Waals surface area contributed by atoms with Gasteiger partial charge in [0.05, 0.1) is 11.4 Å². The third kappa shape index (κ3) is 5.02. The molecule has 108 valence electrons. The zero-order chi connectivity index (χ0) is 14.6. The molecule has 0 bridgehead atoms. The Morgan fingerprint density at radius 3 is 2.63 bits per heavy atom. The summed E-state index contributed by atoms with van der Waals surface area (Å²) < 4.78 is 18.1. The van der Waals surface area contributed by atoms with E-state index in [1.54, 1.807) is 31.1 Å². The maximum Gasteiger partial charge on any atom is 0.416 e. The van der Waals surface area contributed by atoms with E-state index >= 15 is 0 Å². The van der Waals surface area contributed by atoms with Gasteiger partial charge in [-0.1, -0.05) is 13.8 Å². The van der Waals surface area contributed by atoms with Gasteiger partial charge in [-0.25, -0.2) is 9.48 Å². The number of amides is 1. The third-order valence-corrected chi connectivity index (χ3v) is 2.94. The second-order valence-electron chi connectivity index (χ2n) is 5.03. The fraction of sp³-hybridized carbons (Fsp3) is 0.667. The number of aromatic nitrogens is 2. The molecular formula is C12H21N3O3S. The van der Waals surface area contributed by atoms with Crippen LogP contribution in [0.5, 0.6) is 5.88 Å². The summed E-state index contributed by atoms with van der Waals surface area (Å²) in [6, 6.07) is 1.67. The Morgan fingerprint density at radius 2 is 2.16 bits per heavy atom. The Hall–Kier alpha value is -1.37. The second kappa shape index (κ2) is 6.70. The molecule has 6 nitrogen and oxygen atoms in total. The molecule has 0 radical (unpaired) electrons. The van der Waals surface area contributed by atoms with Gasteiger partial charge >= 0.3 is 6.09 Å². The zero-order valence-corrected chi connectivity index (χ0v) is 12.9. The lowest BCUT2D eigenvalue weighted by Gasteiger charge is -2.12. The minimum absolute atomic E-state index is 0.359. The smallest absolute Gasteiger partial charge is 0.391 e. The van der Waals surface area contributed by atoms with Crippen LogP contribution in [0, 0.1) is 5.92 Å². The highest BCUT2D eigenvalue weighted by atomic mass is 32.2. The minimum Gasteiger partial charge on any atom is -0.391 e. The highest BCUT2D eigenvalue weighted by Gasteiger charge is 2.15. The summed E-state index contributed by atoms with van der Waals surface area (Å²) in [5.74, 6) is 1.13. The van der Waals surface area contributed by atoms with Crippen molar-refractivity contribution in [3.8, 4) is 5.88 Å². The summed E-state index contributed by atoms with van der Waals surface area (Å²) in [5, 5.41) is 4.33. The molecule has 1 amide bonds. The lowest BCUT2D eigenvalue weighted by molar-refractivity contribution is 0.166. The van der Waals surface area contributed by atoms with Crippen LogP contribution in [0.3, 0.4) is 0 Å². The molecule has 0 N–H and O–H groups in total. The molecule has 0 spiro atoms. The van der Waals surface area contributed by atoms with E-state index in [0.717, 1.165) is 0 Å². The summed E-state index contributed by atoms with van der Waals surface area (Å²) in [7, 11) is 2.26. The van der Waals surface area contributed by atoms with Gasteiger partial charge in [0.1, 0.15) is 0 Å². The fourth-order valence-corrected chi connectivity index (χ4v) is 2.03. The highest BCUT2D eigenvalue weighted by Crippen LogP contribution is 2.17. The Balaban J connectivity index is 2.94. The van der Waals surface area contributed by atoms with E-state index in [2.05, 4.69) is 18.9 Å². The molecule has 0 aliphatic heterocycles. The van der Waals surface area contributed by atoms with Crippen molar-refractivity contribution in [3.63, 3.8) is 0 Å². The highest BCUT2D eigenvalue weighted by molar-refractivity contribution is 7.83. The van der Waals surface area contributed by atoms with Crippen LogP contribution >= 0.6 is 0 Å². The van der Waals surface area contributed by atoms with E-state index in [9.17, 15) is 9.00 Å². The van der Waals surface area contributed by atoms with E-state index in [0.29, 0.717) is 29.8 Å². The minimum atomic E-state index is -0.972. The van der Waals surface area contributed by atoms with Crippen LogP contribution in [0.1, 0.15) is 19.5 Å². The van der Waals surface area contributed by atoms with Crippen LogP contribution in [0.2, 0.25) is 0 Å². The van der Waals surface area contributed by atoms with Gasteiger partial charge in [0.25, 0.3) is 0 Å². The Bertz CT molecular complexity index is 469. The molecule has 1 unspecified atom stereocenters. The Morgan fingerprint density at radius 1 is 1.53 bits per heavy atom. The summed E-state index contributed by atoms with van der Waals surface area (Å²) >= 11 is 0. The van der Waals surface area contributed by atoms with Gasteiger partial charge < -0.3 is 9.64 Å². The number of ether oxygens (including phenoxy) is 1. The lowest BCUT2D eigenvalue weighted by Crippen LogP contribution is -2.26. The van der Waals surface area contributed by atoms with Crippen molar-refractivity contribution in [3.05, 3.63) is 11.8 Å². The number of carbonyl (C=O) groups excluding carboxylic acids is 1. The number of hydrogen-bond acceptors (Lipinski definition) is 4. The molecule has 0 aromatic carbocycles. The average Bonchev–Trinajstić information content (AvgIpc) is 2.58.